The Bertz CT molecular complexity index is 359. The van der Waals surface area contributed by atoms with E-state index in [0.717, 1.165) is 25.0 Å². The Balaban J connectivity index is 2.32. The number of rotatable bonds is 2. The first-order valence-electron chi connectivity index (χ1n) is 4.97. The highest BCUT2D eigenvalue weighted by Crippen LogP contribution is 2.30. The van der Waals surface area contributed by atoms with Crippen molar-refractivity contribution in [2.45, 2.75) is 18.9 Å². The lowest BCUT2D eigenvalue weighted by Crippen LogP contribution is -2.11. The predicted octanol–water partition coefficient (Wildman–Crippen LogP) is 1.72. The maximum Gasteiger partial charge on any atom is 0.357 e. The first-order chi connectivity index (χ1) is 7.33. The molecule has 0 N–H and O–H groups in total. The van der Waals surface area contributed by atoms with Crippen molar-refractivity contribution in [3.05, 3.63) is 29.6 Å². The van der Waals surface area contributed by atoms with E-state index in [2.05, 4.69) is 9.72 Å². The van der Waals surface area contributed by atoms with E-state index in [0.29, 0.717) is 5.69 Å². The van der Waals surface area contributed by atoms with Crippen LogP contribution in [0.25, 0.3) is 0 Å². The summed E-state index contributed by atoms with van der Waals surface area (Å²) in [6, 6.07) is 3.68. The summed E-state index contributed by atoms with van der Waals surface area (Å²) in [5.74, 6) is -0.402. The number of methoxy groups -OCH3 is 1. The molecule has 0 aromatic carbocycles. The van der Waals surface area contributed by atoms with E-state index in [4.69, 9.17) is 4.74 Å². The lowest BCUT2D eigenvalue weighted by molar-refractivity contribution is 0.0580. The molecule has 2 heterocycles. The number of ether oxygens (including phenoxy) is 2. The number of nitrogens with zero attached hydrogens (tertiary/aromatic N) is 1. The Morgan fingerprint density at radius 3 is 3.20 bits per heavy atom. The van der Waals surface area contributed by atoms with Gasteiger partial charge in [0.25, 0.3) is 0 Å². The van der Waals surface area contributed by atoms with Crippen LogP contribution in [0.5, 0.6) is 0 Å². The molecule has 0 radical (unpaired) electrons. The second-order valence-corrected chi connectivity index (χ2v) is 3.43. The fourth-order valence-corrected chi connectivity index (χ4v) is 1.77. The molecule has 0 saturated carbocycles. The summed E-state index contributed by atoms with van der Waals surface area (Å²) < 4.78 is 10.2. The molecule has 1 aromatic heterocycles. The van der Waals surface area contributed by atoms with E-state index in [-0.39, 0.29) is 6.10 Å². The van der Waals surface area contributed by atoms with Gasteiger partial charge in [-0.15, -0.1) is 0 Å². The number of carbonyl (C=O) groups is 1. The molecule has 1 aliphatic heterocycles. The van der Waals surface area contributed by atoms with Crippen molar-refractivity contribution in [3.8, 4) is 0 Å². The zero-order valence-corrected chi connectivity index (χ0v) is 8.60. The monoisotopic (exact) mass is 207 g/mol. The predicted molar refractivity (Wildman–Crippen MR) is 53.5 cm³/mol. The highest BCUT2D eigenvalue weighted by atomic mass is 16.5. The fraction of sp³-hybridized carbons (Fsp3) is 0.455. The van der Waals surface area contributed by atoms with Gasteiger partial charge in [-0.3, -0.25) is 0 Å². The highest BCUT2D eigenvalue weighted by molar-refractivity contribution is 5.88. The summed E-state index contributed by atoms with van der Waals surface area (Å²) >= 11 is 0. The van der Waals surface area contributed by atoms with Crippen LogP contribution in [-0.2, 0) is 9.47 Å². The van der Waals surface area contributed by atoms with Crippen molar-refractivity contribution in [1.82, 2.24) is 4.98 Å². The molecule has 1 unspecified atom stereocenters. The van der Waals surface area contributed by atoms with Crippen LogP contribution in [-0.4, -0.2) is 24.7 Å². The molecule has 4 heteroatoms. The quantitative estimate of drug-likeness (QED) is 0.693. The van der Waals surface area contributed by atoms with Gasteiger partial charge in [0.1, 0.15) is 0 Å². The summed E-state index contributed by atoms with van der Waals surface area (Å²) in [7, 11) is 1.36. The smallest absolute Gasteiger partial charge is 0.357 e. The summed E-state index contributed by atoms with van der Waals surface area (Å²) in [5, 5.41) is 0. The zero-order valence-electron chi connectivity index (χ0n) is 8.60. The second-order valence-electron chi connectivity index (χ2n) is 3.43. The molecular weight excluding hydrogens is 194 g/mol. The van der Waals surface area contributed by atoms with Crippen LogP contribution in [0.4, 0.5) is 0 Å². The average molecular weight is 207 g/mol. The lowest BCUT2D eigenvalue weighted by Gasteiger charge is -2.12. The number of hydrogen-bond acceptors (Lipinski definition) is 4. The van der Waals surface area contributed by atoms with E-state index in [1.807, 2.05) is 12.1 Å². The van der Waals surface area contributed by atoms with E-state index >= 15 is 0 Å². The Labute approximate surface area is 88.2 Å². The Morgan fingerprint density at radius 2 is 2.53 bits per heavy atom. The molecule has 4 nitrogen and oxygen atoms in total. The van der Waals surface area contributed by atoms with Gasteiger partial charge in [-0.1, -0.05) is 6.07 Å². The Kier molecular flexibility index (Phi) is 2.97. The van der Waals surface area contributed by atoms with Gasteiger partial charge in [0.05, 0.1) is 13.2 Å². The third kappa shape index (κ3) is 1.99. The van der Waals surface area contributed by atoms with Gasteiger partial charge in [0.15, 0.2) is 5.69 Å². The number of esters is 1. The van der Waals surface area contributed by atoms with Gasteiger partial charge in [-0.2, -0.15) is 0 Å². The van der Waals surface area contributed by atoms with Gasteiger partial charge < -0.3 is 9.47 Å². The van der Waals surface area contributed by atoms with E-state index < -0.39 is 5.97 Å². The van der Waals surface area contributed by atoms with Crippen LogP contribution in [0.2, 0.25) is 0 Å². The molecule has 2 rings (SSSR count). The third-order valence-corrected chi connectivity index (χ3v) is 2.49. The van der Waals surface area contributed by atoms with E-state index in [1.165, 1.54) is 7.11 Å². The van der Waals surface area contributed by atoms with Gasteiger partial charge >= 0.3 is 5.97 Å². The first kappa shape index (κ1) is 10.1. The topological polar surface area (TPSA) is 48.4 Å². The molecule has 1 aromatic rings. The standard InChI is InChI=1S/C11H13NO3/c1-14-11(13)10-8(4-2-6-12-10)9-5-3-7-15-9/h2,4,6,9H,3,5,7H2,1H3. The molecule has 0 bridgehead atoms. The van der Waals surface area contributed by atoms with E-state index in [9.17, 15) is 4.79 Å². The summed E-state index contributed by atoms with van der Waals surface area (Å²) in [6.07, 6.45) is 3.55. The number of pyridine rings is 1. The second kappa shape index (κ2) is 4.40. The van der Waals surface area contributed by atoms with Crippen molar-refractivity contribution < 1.29 is 14.3 Å². The fourth-order valence-electron chi connectivity index (χ4n) is 1.77. The van der Waals surface area contributed by atoms with Gasteiger partial charge in [-0.05, 0) is 18.9 Å². The molecule has 15 heavy (non-hydrogen) atoms. The minimum atomic E-state index is -0.402. The number of hydrogen-bond donors (Lipinski definition) is 0. The van der Waals surface area contributed by atoms with Gasteiger partial charge in [0.2, 0.25) is 0 Å². The molecule has 80 valence electrons. The zero-order chi connectivity index (χ0) is 10.7. The summed E-state index contributed by atoms with van der Waals surface area (Å²) in [5.41, 5.74) is 1.20. The molecule has 1 atom stereocenters. The van der Waals surface area contributed by atoms with Crippen molar-refractivity contribution >= 4 is 5.97 Å². The van der Waals surface area contributed by atoms with Gasteiger partial charge in [-0.25, -0.2) is 9.78 Å². The van der Waals surface area contributed by atoms with Crippen LogP contribution in [0.1, 0.15) is 35.0 Å². The van der Waals surface area contributed by atoms with Crippen molar-refractivity contribution in [2.24, 2.45) is 0 Å². The van der Waals surface area contributed by atoms with Crippen LogP contribution < -0.4 is 0 Å². The summed E-state index contributed by atoms with van der Waals surface area (Å²) in [6.45, 7) is 0.750. The Hall–Kier alpha value is -1.42. The largest absolute Gasteiger partial charge is 0.464 e. The first-order valence-corrected chi connectivity index (χ1v) is 4.97. The third-order valence-electron chi connectivity index (χ3n) is 2.49. The molecule has 1 aliphatic rings. The maximum absolute atomic E-state index is 11.5. The van der Waals surface area contributed by atoms with Crippen LogP contribution in [0, 0.1) is 0 Å². The molecule has 0 amide bonds. The molecular formula is C11H13NO3. The molecule has 0 spiro atoms. The van der Waals surface area contributed by atoms with Crippen LogP contribution in [0.15, 0.2) is 18.3 Å². The Morgan fingerprint density at radius 1 is 1.67 bits per heavy atom. The SMILES string of the molecule is COC(=O)c1ncccc1C1CCCO1. The van der Waals surface area contributed by atoms with Crippen LogP contribution in [0.3, 0.4) is 0 Å². The molecule has 0 aliphatic carbocycles. The molecule has 1 fully saturated rings. The average Bonchev–Trinajstić information content (AvgIpc) is 2.81. The highest BCUT2D eigenvalue weighted by Gasteiger charge is 2.24. The minimum absolute atomic E-state index is 0.00667. The van der Waals surface area contributed by atoms with E-state index in [1.54, 1.807) is 6.20 Å². The van der Waals surface area contributed by atoms with Crippen molar-refractivity contribution in [1.29, 1.82) is 0 Å². The van der Waals surface area contributed by atoms with Crippen LogP contribution >= 0.6 is 0 Å². The van der Waals surface area contributed by atoms with Crippen molar-refractivity contribution in [3.63, 3.8) is 0 Å². The molecule has 1 saturated heterocycles. The number of carbonyl (C=O) groups excluding carboxylic acids is 1. The normalized spacial score (nSPS) is 20.2. The maximum atomic E-state index is 11.5. The van der Waals surface area contributed by atoms with Gasteiger partial charge in [0, 0.05) is 18.4 Å². The number of aromatic nitrogens is 1. The summed E-state index contributed by atoms with van der Waals surface area (Å²) in [4.78, 5) is 15.5. The lowest BCUT2D eigenvalue weighted by atomic mass is 10.1. The van der Waals surface area contributed by atoms with Crippen molar-refractivity contribution in [2.75, 3.05) is 13.7 Å². The minimum Gasteiger partial charge on any atom is -0.464 e.